The number of para-hydroxylation sites is 1. The first-order valence-electron chi connectivity index (χ1n) is 9.22. The van der Waals surface area contributed by atoms with Gasteiger partial charge in [-0.3, -0.25) is 0 Å². The number of rotatable bonds is 10. The SMILES string of the molecule is CCCCCOc1ccccc1C(C)NCCc1ccccc1C. The van der Waals surface area contributed by atoms with Gasteiger partial charge in [0.25, 0.3) is 0 Å². The van der Waals surface area contributed by atoms with E-state index in [1.165, 1.54) is 29.5 Å². The smallest absolute Gasteiger partial charge is 0.124 e. The van der Waals surface area contributed by atoms with E-state index in [1.54, 1.807) is 0 Å². The van der Waals surface area contributed by atoms with Gasteiger partial charge in [0.15, 0.2) is 0 Å². The summed E-state index contributed by atoms with van der Waals surface area (Å²) in [7, 11) is 0. The predicted molar refractivity (Wildman–Crippen MR) is 103 cm³/mol. The molecule has 1 atom stereocenters. The molecule has 1 N–H and O–H groups in total. The molecule has 2 heteroatoms. The summed E-state index contributed by atoms with van der Waals surface area (Å²) in [6.07, 6.45) is 4.63. The molecule has 1 unspecified atom stereocenters. The molecule has 0 spiro atoms. The number of unbranched alkanes of at least 4 members (excludes halogenated alkanes) is 2. The summed E-state index contributed by atoms with van der Waals surface area (Å²) < 4.78 is 6.00. The summed E-state index contributed by atoms with van der Waals surface area (Å²) in [6, 6.07) is 17.3. The minimum atomic E-state index is 0.288. The number of aryl methyl sites for hydroxylation is 1. The van der Waals surface area contributed by atoms with Crippen LogP contribution in [0, 0.1) is 6.92 Å². The van der Waals surface area contributed by atoms with Crippen molar-refractivity contribution in [3.8, 4) is 5.75 Å². The van der Waals surface area contributed by atoms with Gasteiger partial charge in [-0.25, -0.2) is 0 Å². The van der Waals surface area contributed by atoms with Crippen LogP contribution in [0.4, 0.5) is 0 Å². The maximum absolute atomic E-state index is 6.00. The Kier molecular flexibility index (Phi) is 7.84. The first-order valence-corrected chi connectivity index (χ1v) is 9.22. The normalized spacial score (nSPS) is 12.1. The highest BCUT2D eigenvalue weighted by molar-refractivity contribution is 5.35. The first kappa shape index (κ1) is 18.5. The van der Waals surface area contributed by atoms with Crippen molar-refractivity contribution >= 4 is 0 Å². The monoisotopic (exact) mass is 325 g/mol. The third kappa shape index (κ3) is 5.68. The van der Waals surface area contributed by atoms with Crippen LogP contribution in [-0.4, -0.2) is 13.2 Å². The van der Waals surface area contributed by atoms with Crippen LogP contribution in [0.1, 0.15) is 55.8 Å². The summed E-state index contributed by atoms with van der Waals surface area (Å²) >= 11 is 0. The number of hydrogen-bond acceptors (Lipinski definition) is 2. The van der Waals surface area contributed by atoms with Gasteiger partial charge in [0.05, 0.1) is 6.61 Å². The third-order valence-corrected chi connectivity index (χ3v) is 4.50. The molecule has 0 aliphatic heterocycles. The second kappa shape index (κ2) is 10.1. The van der Waals surface area contributed by atoms with Crippen LogP contribution in [0.2, 0.25) is 0 Å². The maximum atomic E-state index is 6.00. The number of nitrogens with one attached hydrogen (secondary N) is 1. The summed E-state index contributed by atoms with van der Waals surface area (Å²) in [5, 5.41) is 3.64. The summed E-state index contributed by atoms with van der Waals surface area (Å²) in [5.41, 5.74) is 4.03. The summed E-state index contributed by atoms with van der Waals surface area (Å²) in [6.45, 7) is 8.38. The van der Waals surface area contributed by atoms with Gasteiger partial charge >= 0.3 is 0 Å². The molecule has 0 aliphatic rings. The fourth-order valence-corrected chi connectivity index (χ4v) is 2.93. The van der Waals surface area contributed by atoms with Gasteiger partial charge < -0.3 is 10.1 Å². The van der Waals surface area contributed by atoms with Crippen LogP contribution < -0.4 is 10.1 Å². The first-order chi connectivity index (χ1) is 11.7. The van der Waals surface area contributed by atoms with Crippen molar-refractivity contribution in [2.45, 2.75) is 52.5 Å². The lowest BCUT2D eigenvalue weighted by Gasteiger charge is -2.18. The highest BCUT2D eigenvalue weighted by Crippen LogP contribution is 2.25. The van der Waals surface area contributed by atoms with E-state index >= 15 is 0 Å². The molecule has 2 rings (SSSR count). The van der Waals surface area contributed by atoms with Crippen molar-refractivity contribution in [1.29, 1.82) is 0 Å². The average Bonchev–Trinajstić information content (AvgIpc) is 2.60. The lowest BCUT2D eigenvalue weighted by molar-refractivity contribution is 0.300. The molecule has 0 heterocycles. The largest absolute Gasteiger partial charge is 0.493 e. The highest BCUT2D eigenvalue weighted by Gasteiger charge is 2.10. The molecular formula is C22H31NO. The Morgan fingerprint density at radius 1 is 1.00 bits per heavy atom. The van der Waals surface area contributed by atoms with Crippen LogP contribution in [0.15, 0.2) is 48.5 Å². The molecule has 24 heavy (non-hydrogen) atoms. The summed E-state index contributed by atoms with van der Waals surface area (Å²) in [5.74, 6) is 1.02. The predicted octanol–water partition coefficient (Wildman–Crippen LogP) is 5.46. The molecule has 0 fully saturated rings. The highest BCUT2D eigenvalue weighted by atomic mass is 16.5. The molecule has 2 aromatic carbocycles. The molecule has 0 aromatic heterocycles. The van der Waals surface area contributed by atoms with Crippen LogP contribution in [0.5, 0.6) is 5.75 Å². The molecule has 0 bridgehead atoms. The van der Waals surface area contributed by atoms with E-state index in [4.69, 9.17) is 4.74 Å². The Morgan fingerprint density at radius 3 is 2.54 bits per heavy atom. The zero-order valence-corrected chi connectivity index (χ0v) is 15.3. The Balaban J connectivity index is 1.87. The number of hydrogen-bond donors (Lipinski definition) is 1. The molecule has 0 amide bonds. The molecule has 0 saturated carbocycles. The van der Waals surface area contributed by atoms with E-state index in [0.29, 0.717) is 0 Å². The average molecular weight is 325 g/mol. The topological polar surface area (TPSA) is 21.3 Å². The standard InChI is InChI=1S/C22H31NO/c1-4-5-10-17-24-22-14-9-8-13-21(22)19(3)23-16-15-20-12-7-6-11-18(20)2/h6-9,11-14,19,23H,4-5,10,15-17H2,1-3H3. The second-order valence-corrected chi connectivity index (χ2v) is 6.45. The van der Waals surface area contributed by atoms with Crippen molar-refractivity contribution < 1.29 is 4.74 Å². The van der Waals surface area contributed by atoms with Gasteiger partial charge in [-0.15, -0.1) is 0 Å². The Bertz CT molecular complexity index is 608. The van der Waals surface area contributed by atoms with Gasteiger partial charge in [-0.05, 0) is 50.4 Å². The molecule has 130 valence electrons. The minimum Gasteiger partial charge on any atom is -0.493 e. The van der Waals surface area contributed by atoms with E-state index < -0.39 is 0 Å². The Morgan fingerprint density at radius 2 is 1.75 bits per heavy atom. The van der Waals surface area contributed by atoms with E-state index in [0.717, 1.165) is 31.7 Å². The van der Waals surface area contributed by atoms with Gasteiger partial charge in [-0.1, -0.05) is 62.2 Å². The van der Waals surface area contributed by atoms with Crippen molar-refractivity contribution in [2.24, 2.45) is 0 Å². The summed E-state index contributed by atoms with van der Waals surface area (Å²) in [4.78, 5) is 0. The zero-order chi connectivity index (χ0) is 17.2. The van der Waals surface area contributed by atoms with Crippen LogP contribution >= 0.6 is 0 Å². The van der Waals surface area contributed by atoms with Crippen molar-refractivity contribution in [3.05, 3.63) is 65.2 Å². The molecule has 2 aromatic rings. The van der Waals surface area contributed by atoms with Gasteiger partial charge in [0, 0.05) is 11.6 Å². The number of benzene rings is 2. The van der Waals surface area contributed by atoms with Crippen LogP contribution in [0.25, 0.3) is 0 Å². The van der Waals surface area contributed by atoms with E-state index in [2.05, 4.69) is 74.6 Å². The van der Waals surface area contributed by atoms with Gasteiger partial charge in [0.1, 0.15) is 5.75 Å². The number of ether oxygens (including phenoxy) is 1. The van der Waals surface area contributed by atoms with Crippen molar-refractivity contribution in [2.75, 3.05) is 13.2 Å². The van der Waals surface area contributed by atoms with Crippen LogP contribution in [-0.2, 0) is 6.42 Å². The van der Waals surface area contributed by atoms with E-state index in [9.17, 15) is 0 Å². The molecular weight excluding hydrogens is 294 g/mol. The van der Waals surface area contributed by atoms with E-state index in [-0.39, 0.29) is 6.04 Å². The zero-order valence-electron chi connectivity index (χ0n) is 15.3. The Labute approximate surface area is 147 Å². The maximum Gasteiger partial charge on any atom is 0.124 e. The quantitative estimate of drug-likeness (QED) is 0.586. The fraction of sp³-hybridized carbons (Fsp3) is 0.455. The lowest BCUT2D eigenvalue weighted by Crippen LogP contribution is -2.22. The van der Waals surface area contributed by atoms with Gasteiger partial charge in [0.2, 0.25) is 0 Å². The van der Waals surface area contributed by atoms with Crippen molar-refractivity contribution in [1.82, 2.24) is 5.32 Å². The molecule has 0 saturated heterocycles. The van der Waals surface area contributed by atoms with E-state index in [1.807, 2.05) is 0 Å². The van der Waals surface area contributed by atoms with Crippen molar-refractivity contribution in [3.63, 3.8) is 0 Å². The minimum absolute atomic E-state index is 0.288. The lowest BCUT2D eigenvalue weighted by atomic mass is 10.0. The molecule has 2 nitrogen and oxygen atoms in total. The third-order valence-electron chi connectivity index (χ3n) is 4.50. The van der Waals surface area contributed by atoms with Gasteiger partial charge in [-0.2, -0.15) is 0 Å². The Hall–Kier alpha value is -1.80. The molecule has 0 aliphatic carbocycles. The molecule has 0 radical (unpaired) electrons. The van der Waals surface area contributed by atoms with Crippen LogP contribution in [0.3, 0.4) is 0 Å². The fourth-order valence-electron chi connectivity index (χ4n) is 2.93. The second-order valence-electron chi connectivity index (χ2n) is 6.45.